The monoisotopic (exact) mass is 518 g/mol. The van der Waals surface area contributed by atoms with Gasteiger partial charge >= 0.3 is 0 Å². The largest absolute Gasteiger partial charge is 0.394 e. The topological polar surface area (TPSA) is 258 Å². The van der Waals surface area contributed by atoms with E-state index >= 15 is 0 Å². The molecule has 0 aromatic rings. The van der Waals surface area contributed by atoms with Gasteiger partial charge in [-0.15, -0.1) is 0 Å². The van der Waals surface area contributed by atoms with E-state index in [1.165, 1.54) is 7.11 Å². The van der Waals surface area contributed by atoms with Crippen LogP contribution < -0.4 is 0 Å². The van der Waals surface area contributed by atoms with Crippen molar-refractivity contribution in [1.82, 2.24) is 0 Å². The minimum absolute atomic E-state index is 0.687. The minimum Gasteiger partial charge on any atom is -0.394 e. The van der Waals surface area contributed by atoms with Gasteiger partial charge < -0.3 is 79.5 Å². The van der Waals surface area contributed by atoms with Crippen molar-refractivity contribution in [2.45, 2.75) is 92.1 Å². The zero-order valence-corrected chi connectivity index (χ0v) is 18.7. The van der Waals surface area contributed by atoms with E-state index in [9.17, 15) is 51.1 Å². The highest BCUT2D eigenvalue weighted by atomic mass is 16.8. The van der Waals surface area contributed by atoms with E-state index in [2.05, 4.69) is 0 Å². The lowest BCUT2D eigenvalue weighted by molar-refractivity contribution is -0.379. The summed E-state index contributed by atoms with van der Waals surface area (Å²) in [5.74, 6) is 0. The van der Waals surface area contributed by atoms with Crippen LogP contribution in [-0.2, 0) is 28.4 Å². The molecule has 0 amide bonds. The summed E-state index contributed by atoms with van der Waals surface area (Å²) in [6, 6.07) is 0. The molecule has 10 N–H and O–H groups in total. The Kier molecular flexibility index (Phi) is 10.1. The van der Waals surface area contributed by atoms with E-state index < -0.39 is 112 Å². The van der Waals surface area contributed by atoms with E-state index in [0.717, 1.165) is 0 Å². The standard InChI is InChI=1S/C19H34O16/c1-30-17-13(28)11(26)15(7(4-22)33-17)34-19-14(29)16(9(24)6(3-21)32-19)35-18-12(27)10(25)8(23)5(2-20)31-18/h5-29H,2-4H2,1H3/t5?,6?,7?,8-,9-,10?,11+,12-,13?,14?,15+,16-,17+,18+,19-/m0/s1. The molecular weight excluding hydrogens is 484 g/mol. The molecule has 15 atom stereocenters. The molecule has 0 bridgehead atoms. The van der Waals surface area contributed by atoms with Crippen LogP contribution in [0.5, 0.6) is 0 Å². The molecule has 0 aliphatic carbocycles. The molecule has 16 nitrogen and oxygen atoms in total. The SMILES string of the molecule is CO[C@@H]1OC(CO)[C@@H](O[C@@H]2OC(CO)[C@H](O)[C@H](O[C@H]3OC(CO)[C@H](O)C(O)[C@@H]3O)C2O)[C@H](O)C1O. The highest BCUT2D eigenvalue weighted by Crippen LogP contribution is 2.32. The fraction of sp³-hybridized carbons (Fsp3) is 1.00. The molecule has 3 aliphatic heterocycles. The second kappa shape index (κ2) is 12.3. The van der Waals surface area contributed by atoms with Crippen LogP contribution in [0.2, 0.25) is 0 Å². The second-order valence-electron chi connectivity index (χ2n) is 8.55. The summed E-state index contributed by atoms with van der Waals surface area (Å²) in [4.78, 5) is 0. The first-order valence-corrected chi connectivity index (χ1v) is 11.0. The summed E-state index contributed by atoms with van der Waals surface area (Å²) < 4.78 is 31.9. The van der Waals surface area contributed by atoms with E-state index in [-0.39, 0.29) is 0 Å². The molecule has 0 aromatic carbocycles. The molecule has 206 valence electrons. The summed E-state index contributed by atoms with van der Waals surface area (Å²) in [6.07, 6.45) is -24.1. The summed E-state index contributed by atoms with van der Waals surface area (Å²) in [6.45, 7) is -2.22. The van der Waals surface area contributed by atoms with Gasteiger partial charge in [-0.1, -0.05) is 0 Å². The van der Waals surface area contributed by atoms with Crippen LogP contribution in [0, 0.1) is 0 Å². The van der Waals surface area contributed by atoms with E-state index in [1.807, 2.05) is 0 Å². The van der Waals surface area contributed by atoms with Crippen LogP contribution in [0.1, 0.15) is 0 Å². The number of methoxy groups -OCH3 is 1. The van der Waals surface area contributed by atoms with Crippen molar-refractivity contribution < 1.29 is 79.5 Å². The smallest absolute Gasteiger partial charge is 0.187 e. The lowest BCUT2D eigenvalue weighted by Gasteiger charge is -2.48. The molecule has 0 aromatic heterocycles. The number of aliphatic hydroxyl groups is 10. The molecule has 3 fully saturated rings. The van der Waals surface area contributed by atoms with Gasteiger partial charge in [0.05, 0.1) is 19.8 Å². The molecule has 0 radical (unpaired) electrons. The van der Waals surface area contributed by atoms with Crippen molar-refractivity contribution >= 4 is 0 Å². The summed E-state index contributed by atoms with van der Waals surface area (Å²) in [5.41, 5.74) is 0. The van der Waals surface area contributed by atoms with Gasteiger partial charge in [0.25, 0.3) is 0 Å². The van der Waals surface area contributed by atoms with Crippen LogP contribution in [0.3, 0.4) is 0 Å². The Morgan fingerprint density at radius 2 is 0.943 bits per heavy atom. The van der Waals surface area contributed by atoms with Gasteiger partial charge in [0.1, 0.15) is 73.2 Å². The highest BCUT2D eigenvalue weighted by Gasteiger charge is 2.53. The highest BCUT2D eigenvalue weighted by molar-refractivity contribution is 4.96. The van der Waals surface area contributed by atoms with Gasteiger partial charge in [-0.05, 0) is 0 Å². The van der Waals surface area contributed by atoms with Crippen molar-refractivity contribution in [3.8, 4) is 0 Å². The lowest BCUT2D eigenvalue weighted by atomic mass is 9.96. The van der Waals surface area contributed by atoms with Crippen molar-refractivity contribution in [3.63, 3.8) is 0 Å². The molecule has 35 heavy (non-hydrogen) atoms. The normalized spacial score (nSPS) is 51.3. The minimum atomic E-state index is -1.87. The molecule has 16 heteroatoms. The summed E-state index contributed by atoms with van der Waals surface area (Å²) in [5, 5.41) is 101. The third-order valence-corrected chi connectivity index (χ3v) is 6.31. The van der Waals surface area contributed by atoms with Crippen molar-refractivity contribution in [2.75, 3.05) is 26.9 Å². The van der Waals surface area contributed by atoms with E-state index in [1.54, 1.807) is 0 Å². The number of rotatable bonds is 8. The Bertz CT molecular complexity index is 652. The number of aliphatic hydroxyl groups excluding tert-OH is 10. The summed E-state index contributed by atoms with van der Waals surface area (Å²) >= 11 is 0. The Labute approximate surface area is 199 Å². The predicted octanol–water partition coefficient (Wildman–Crippen LogP) is -6.92. The Hall–Kier alpha value is -0.640. The first kappa shape index (κ1) is 28.9. The van der Waals surface area contributed by atoms with Crippen molar-refractivity contribution in [2.24, 2.45) is 0 Å². The maximum Gasteiger partial charge on any atom is 0.187 e. The molecule has 3 rings (SSSR count). The number of hydrogen-bond acceptors (Lipinski definition) is 16. The summed E-state index contributed by atoms with van der Waals surface area (Å²) in [7, 11) is 1.21. The van der Waals surface area contributed by atoms with Crippen molar-refractivity contribution in [3.05, 3.63) is 0 Å². The predicted molar refractivity (Wildman–Crippen MR) is 106 cm³/mol. The lowest BCUT2D eigenvalue weighted by Crippen LogP contribution is -2.66. The third-order valence-electron chi connectivity index (χ3n) is 6.31. The first-order chi connectivity index (χ1) is 16.6. The van der Waals surface area contributed by atoms with Crippen LogP contribution in [0.25, 0.3) is 0 Å². The number of hydrogen-bond donors (Lipinski definition) is 10. The fourth-order valence-electron chi connectivity index (χ4n) is 4.23. The zero-order valence-electron chi connectivity index (χ0n) is 18.7. The Morgan fingerprint density at radius 1 is 0.486 bits per heavy atom. The first-order valence-electron chi connectivity index (χ1n) is 11.0. The van der Waals surface area contributed by atoms with Gasteiger partial charge in [0, 0.05) is 7.11 Å². The third kappa shape index (κ3) is 5.78. The van der Waals surface area contributed by atoms with Gasteiger partial charge in [0.2, 0.25) is 0 Å². The van der Waals surface area contributed by atoms with Gasteiger partial charge in [-0.25, -0.2) is 0 Å². The van der Waals surface area contributed by atoms with Crippen LogP contribution in [0.4, 0.5) is 0 Å². The maximum absolute atomic E-state index is 10.8. The van der Waals surface area contributed by atoms with Crippen LogP contribution in [-0.4, -0.2) is 170 Å². The van der Waals surface area contributed by atoms with Crippen LogP contribution >= 0.6 is 0 Å². The molecule has 6 unspecified atom stereocenters. The molecular formula is C19H34O16. The molecule has 0 spiro atoms. The second-order valence-corrected chi connectivity index (χ2v) is 8.55. The average Bonchev–Trinajstić information content (AvgIpc) is 2.86. The molecule has 3 heterocycles. The molecule has 3 aliphatic rings. The molecule has 0 saturated carbocycles. The van der Waals surface area contributed by atoms with Crippen LogP contribution in [0.15, 0.2) is 0 Å². The Balaban J connectivity index is 1.78. The van der Waals surface area contributed by atoms with Gasteiger partial charge in [-0.3, -0.25) is 0 Å². The Morgan fingerprint density at radius 3 is 1.49 bits per heavy atom. The fourth-order valence-corrected chi connectivity index (χ4v) is 4.23. The van der Waals surface area contributed by atoms with Gasteiger partial charge in [-0.2, -0.15) is 0 Å². The maximum atomic E-state index is 10.8. The van der Waals surface area contributed by atoms with Crippen molar-refractivity contribution in [1.29, 1.82) is 0 Å². The molecule has 3 saturated heterocycles. The van der Waals surface area contributed by atoms with E-state index in [0.29, 0.717) is 0 Å². The zero-order chi connectivity index (χ0) is 26.0. The quantitative estimate of drug-likeness (QED) is 0.143. The number of ether oxygens (including phenoxy) is 6. The average molecular weight is 518 g/mol. The van der Waals surface area contributed by atoms with Gasteiger partial charge in [0.15, 0.2) is 18.9 Å². The van der Waals surface area contributed by atoms with E-state index in [4.69, 9.17) is 28.4 Å².